The van der Waals surface area contributed by atoms with Crippen molar-refractivity contribution in [3.8, 4) is 0 Å². The highest BCUT2D eigenvalue weighted by Crippen LogP contribution is 2.12. The Hall–Kier alpha value is -1.30. The molecule has 28 heavy (non-hydrogen) atoms. The molecule has 0 aromatic heterocycles. The van der Waals surface area contributed by atoms with Crippen LogP contribution in [0.4, 0.5) is 4.79 Å². The van der Waals surface area contributed by atoms with Crippen molar-refractivity contribution in [2.24, 2.45) is 5.92 Å². The third-order valence-electron chi connectivity index (χ3n) is 4.41. The van der Waals surface area contributed by atoms with Gasteiger partial charge in [0.05, 0.1) is 12.1 Å². The summed E-state index contributed by atoms with van der Waals surface area (Å²) in [5.41, 5.74) is -0.595. The van der Waals surface area contributed by atoms with Crippen molar-refractivity contribution >= 4 is 12.0 Å². The van der Waals surface area contributed by atoms with Gasteiger partial charge in [0.15, 0.2) is 0 Å². The molecular formula is C22H44N2O4. The molecule has 0 radical (unpaired) electrons. The number of unbranched alkanes of at least 4 members (excludes halogenated alkanes) is 6. The van der Waals surface area contributed by atoms with Crippen LogP contribution < -0.4 is 10.6 Å². The normalized spacial score (nSPS) is 13.9. The molecular weight excluding hydrogens is 356 g/mol. The van der Waals surface area contributed by atoms with E-state index in [1.165, 1.54) is 32.1 Å². The maximum atomic E-state index is 12.0. The number of aliphatic hydroxyl groups excluding tert-OH is 1. The monoisotopic (exact) mass is 400 g/mol. The van der Waals surface area contributed by atoms with Gasteiger partial charge in [-0.1, -0.05) is 59.3 Å². The molecule has 0 fully saturated rings. The minimum absolute atomic E-state index is 0.0480. The third-order valence-corrected chi connectivity index (χ3v) is 4.41. The zero-order valence-electron chi connectivity index (χ0n) is 19.0. The Morgan fingerprint density at radius 1 is 1.00 bits per heavy atom. The Labute approximate surface area is 172 Å². The van der Waals surface area contributed by atoms with Crippen LogP contribution in [0.3, 0.4) is 0 Å². The van der Waals surface area contributed by atoms with Gasteiger partial charge >= 0.3 is 6.09 Å². The van der Waals surface area contributed by atoms with Gasteiger partial charge in [-0.25, -0.2) is 4.79 Å². The highest BCUT2D eigenvalue weighted by Gasteiger charge is 2.25. The first-order chi connectivity index (χ1) is 13.0. The number of aliphatic hydroxyl groups is 1. The Morgan fingerprint density at radius 3 is 2.11 bits per heavy atom. The van der Waals surface area contributed by atoms with Crippen molar-refractivity contribution in [3.05, 3.63) is 0 Å². The molecule has 0 aliphatic rings. The van der Waals surface area contributed by atoms with Crippen LogP contribution in [0.25, 0.3) is 0 Å². The third kappa shape index (κ3) is 15.7. The predicted octanol–water partition coefficient (Wildman–Crippen LogP) is 4.54. The standard InChI is InChI=1S/C22H44N2O4/c1-7-8-9-10-11-12-13-14-20(26)23-16-19(25)18(15-17(2)3)24-21(27)28-22(4,5)6/h17-19,25H,7-16H2,1-6H3,(H,23,26)(H,24,27). The molecule has 2 amide bonds. The van der Waals surface area contributed by atoms with E-state index in [2.05, 4.69) is 17.6 Å². The first-order valence-corrected chi connectivity index (χ1v) is 11.0. The number of hydrogen-bond acceptors (Lipinski definition) is 4. The number of amides is 2. The Morgan fingerprint density at radius 2 is 1.57 bits per heavy atom. The molecule has 0 spiro atoms. The molecule has 0 bridgehead atoms. The van der Waals surface area contributed by atoms with Crippen molar-refractivity contribution < 1.29 is 19.4 Å². The summed E-state index contributed by atoms with van der Waals surface area (Å²) in [5.74, 6) is 0.242. The first-order valence-electron chi connectivity index (χ1n) is 11.0. The molecule has 2 unspecified atom stereocenters. The van der Waals surface area contributed by atoms with E-state index in [4.69, 9.17) is 4.74 Å². The summed E-state index contributed by atoms with van der Waals surface area (Å²) in [7, 11) is 0. The number of rotatable bonds is 14. The van der Waals surface area contributed by atoms with Crippen LogP contribution in [0, 0.1) is 5.92 Å². The number of nitrogens with one attached hydrogen (secondary N) is 2. The highest BCUT2D eigenvalue weighted by molar-refractivity contribution is 5.75. The minimum atomic E-state index is -0.854. The van der Waals surface area contributed by atoms with E-state index in [0.29, 0.717) is 12.8 Å². The number of carbonyl (C=O) groups excluding carboxylic acids is 2. The second-order valence-corrected chi connectivity index (χ2v) is 9.13. The Balaban J connectivity index is 4.23. The quantitative estimate of drug-likeness (QED) is 0.373. The zero-order chi connectivity index (χ0) is 21.6. The van der Waals surface area contributed by atoms with Gasteiger partial charge in [0.2, 0.25) is 5.91 Å². The summed E-state index contributed by atoms with van der Waals surface area (Å²) in [6.07, 6.45) is 7.83. The van der Waals surface area contributed by atoms with Gasteiger partial charge in [0, 0.05) is 13.0 Å². The molecule has 0 saturated heterocycles. The van der Waals surface area contributed by atoms with Crippen LogP contribution >= 0.6 is 0 Å². The molecule has 0 rings (SSSR count). The lowest BCUT2D eigenvalue weighted by molar-refractivity contribution is -0.121. The zero-order valence-corrected chi connectivity index (χ0v) is 19.0. The van der Waals surface area contributed by atoms with Crippen molar-refractivity contribution in [2.75, 3.05) is 6.54 Å². The molecule has 0 aromatic rings. The van der Waals surface area contributed by atoms with Gasteiger partial charge in [-0.3, -0.25) is 4.79 Å². The fourth-order valence-corrected chi connectivity index (χ4v) is 2.97. The maximum Gasteiger partial charge on any atom is 0.407 e. The first kappa shape index (κ1) is 26.7. The van der Waals surface area contributed by atoms with Gasteiger partial charge in [-0.2, -0.15) is 0 Å². The van der Waals surface area contributed by atoms with Crippen LogP contribution in [0.2, 0.25) is 0 Å². The average Bonchev–Trinajstić information content (AvgIpc) is 2.56. The van der Waals surface area contributed by atoms with Crippen LogP contribution in [0.15, 0.2) is 0 Å². The average molecular weight is 401 g/mol. The summed E-state index contributed by atoms with van der Waals surface area (Å²) >= 11 is 0. The van der Waals surface area contributed by atoms with Crippen LogP contribution in [-0.2, 0) is 9.53 Å². The van der Waals surface area contributed by atoms with Crippen LogP contribution in [0.1, 0.15) is 99.3 Å². The van der Waals surface area contributed by atoms with E-state index in [1.54, 1.807) is 20.8 Å². The van der Waals surface area contributed by atoms with E-state index in [-0.39, 0.29) is 18.4 Å². The van der Waals surface area contributed by atoms with Gasteiger partial charge in [0.25, 0.3) is 0 Å². The van der Waals surface area contributed by atoms with Crippen molar-refractivity contribution in [2.45, 2.75) is 117 Å². The molecule has 0 saturated carbocycles. The molecule has 0 aromatic carbocycles. The maximum absolute atomic E-state index is 12.0. The fraction of sp³-hybridized carbons (Fsp3) is 0.909. The predicted molar refractivity (Wildman–Crippen MR) is 114 cm³/mol. The van der Waals surface area contributed by atoms with E-state index in [9.17, 15) is 14.7 Å². The Bertz CT molecular complexity index is 433. The van der Waals surface area contributed by atoms with Crippen LogP contribution in [-0.4, -0.2) is 41.4 Å². The van der Waals surface area contributed by atoms with E-state index in [0.717, 1.165) is 12.8 Å². The summed E-state index contributed by atoms with van der Waals surface area (Å²) in [6, 6.07) is -0.464. The summed E-state index contributed by atoms with van der Waals surface area (Å²) < 4.78 is 5.28. The number of ether oxygens (including phenoxy) is 1. The summed E-state index contributed by atoms with van der Waals surface area (Å²) in [5, 5.41) is 16.0. The molecule has 3 N–H and O–H groups in total. The largest absolute Gasteiger partial charge is 0.444 e. The molecule has 6 heteroatoms. The molecule has 166 valence electrons. The smallest absolute Gasteiger partial charge is 0.407 e. The molecule has 6 nitrogen and oxygen atoms in total. The Kier molecular flexibility index (Phi) is 14.0. The topological polar surface area (TPSA) is 87.7 Å². The van der Waals surface area contributed by atoms with E-state index < -0.39 is 23.8 Å². The molecule has 2 atom stereocenters. The lowest BCUT2D eigenvalue weighted by Gasteiger charge is -2.28. The molecule has 0 heterocycles. The van der Waals surface area contributed by atoms with E-state index in [1.807, 2.05) is 13.8 Å². The van der Waals surface area contributed by atoms with E-state index >= 15 is 0 Å². The van der Waals surface area contributed by atoms with Crippen LogP contribution in [0.5, 0.6) is 0 Å². The fourth-order valence-electron chi connectivity index (χ4n) is 2.97. The van der Waals surface area contributed by atoms with Crippen molar-refractivity contribution in [3.63, 3.8) is 0 Å². The van der Waals surface area contributed by atoms with Gasteiger partial charge < -0.3 is 20.5 Å². The summed E-state index contributed by atoms with van der Waals surface area (Å²) in [4.78, 5) is 24.0. The molecule has 0 aliphatic heterocycles. The van der Waals surface area contributed by atoms with Gasteiger partial charge in [0.1, 0.15) is 5.60 Å². The lowest BCUT2D eigenvalue weighted by Crippen LogP contribution is -2.50. The highest BCUT2D eigenvalue weighted by atomic mass is 16.6. The second kappa shape index (κ2) is 14.7. The second-order valence-electron chi connectivity index (χ2n) is 9.13. The lowest BCUT2D eigenvalue weighted by atomic mass is 9.99. The number of alkyl carbamates (subject to hydrolysis) is 1. The SMILES string of the molecule is CCCCCCCCCC(=O)NCC(O)C(CC(C)C)NC(=O)OC(C)(C)C. The summed E-state index contributed by atoms with van der Waals surface area (Å²) in [6.45, 7) is 11.8. The molecule has 0 aliphatic carbocycles. The van der Waals surface area contributed by atoms with Gasteiger partial charge in [-0.05, 0) is 39.5 Å². The van der Waals surface area contributed by atoms with Crippen molar-refractivity contribution in [1.82, 2.24) is 10.6 Å². The van der Waals surface area contributed by atoms with Crippen molar-refractivity contribution in [1.29, 1.82) is 0 Å². The van der Waals surface area contributed by atoms with Gasteiger partial charge in [-0.15, -0.1) is 0 Å². The minimum Gasteiger partial charge on any atom is -0.444 e. The number of carbonyl (C=O) groups is 2. The number of hydrogen-bond donors (Lipinski definition) is 3.